The van der Waals surface area contributed by atoms with Crippen molar-refractivity contribution < 1.29 is 24.2 Å². The second kappa shape index (κ2) is 13.4. The molecule has 0 aliphatic heterocycles. The molecular formula is C34H35NO5S. The Balaban J connectivity index is 1.41. The summed E-state index contributed by atoms with van der Waals surface area (Å²) in [5.74, 6) is 1.07. The number of ether oxygens (including phenoxy) is 2. The van der Waals surface area contributed by atoms with Crippen molar-refractivity contribution in [3.8, 4) is 33.8 Å². The lowest BCUT2D eigenvalue weighted by Crippen LogP contribution is -2.43. The molecule has 0 bridgehead atoms. The number of aliphatic carboxylic acids is 1. The lowest BCUT2D eigenvalue weighted by Gasteiger charge is -2.21. The minimum atomic E-state index is -1.09. The fraction of sp³-hybridized carbons (Fsp3) is 0.235. The van der Waals surface area contributed by atoms with Crippen molar-refractivity contribution in [1.29, 1.82) is 0 Å². The van der Waals surface area contributed by atoms with Gasteiger partial charge in [-0.15, -0.1) is 11.8 Å². The summed E-state index contributed by atoms with van der Waals surface area (Å²) in [6.07, 6.45) is -0.460. The van der Waals surface area contributed by atoms with Crippen molar-refractivity contribution in [2.45, 2.75) is 50.7 Å². The van der Waals surface area contributed by atoms with Crippen molar-refractivity contribution in [2.75, 3.05) is 5.75 Å². The molecule has 1 atom stereocenters. The molecule has 4 aromatic rings. The van der Waals surface area contributed by atoms with Crippen LogP contribution >= 0.6 is 11.8 Å². The molecule has 0 saturated heterocycles. The molecule has 0 aliphatic rings. The van der Waals surface area contributed by atoms with E-state index in [9.17, 15) is 14.7 Å². The maximum absolute atomic E-state index is 12.0. The molecule has 7 heteroatoms. The number of amides is 1. The van der Waals surface area contributed by atoms with Gasteiger partial charge in [-0.25, -0.2) is 9.59 Å². The fourth-order valence-corrected chi connectivity index (χ4v) is 5.11. The van der Waals surface area contributed by atoms with Crippen LogP contribution in [0.5, 0.6) is 11.5 Å². The Labute approximate surface area is 245 Å². The number of carboxylic acids is 1. The van der Waals surface area contributed by atoms with Crippen LogP contribution in [-0.2, 0) is 9.53 Å². The van der Waals surface area contributed by atoms with Gasteiger partial charge in [0.25, 0.3) is 0 Å². The minimum Gasteiger partial charge on any atom is -0.480 e. The van der Waals surface area contributed by atoms with Gasteiger partial charge in [-0.2, -0.15) is 0 Å². The van der Waals surface area contributed by atoms with E-state index >= 15 is 0 Å². The average Bonchev–Trinajstić information content (AvgIpc) is 2.93. The van der Waals surface area contributed by atoms with Gasteiger partial charge in [-0.3, -0.25) is 0 Å². The predicted octanol–water partition coefficient (Wildman–Crippen LogP) is 8.58. The van der Waals surface area contributed by atoms with Gasteiger partial charge >= 0.3 is 12.1 Å². The Morgan fingerprint density at radius 1 is 0.829 bits per heavy atom. The predicted molar refractivity (Wildman–Crippen MR) is 165 cm³/mol. The summed E-state index contributed by atoms with van der Waals surface area (Å²) < 4.78 is 11.5. The zero-order valence-electron chi connectivity index (χ0n) is 23.7. The van der Waals surface area contributed by atoms with E-state index in [2.05, 4.69) is 41.7 Å². The van der Waals surface area contributed by atoms with Gasteiger partial charge in [0.2, 0.25) is 0 Å². The number of aryl methyl sites for hydroxylation is 1. The second-order valence-electron chi connectivity index (χ2n) is 10.6. The van der Waals surface area contributed by atoms with Crippen molar-refractivity contribution >= 4 is 23.8 Å². The first-order valence-corrected chi connectivity index (χ1v) is 14.5. The number of carbonyl (C=O) groups excluding carboxylic acids is 1. The molecule has 4 rings (SSSR count). The summed E-state index contributed by atoms with van der Waals surface area (Å²) in [7, 11) is 0. The molecule has 4 aromatic carbocycles. The molecule has 0 radical (unpaired) electrons. The molecule has 212 valence electrons. The summed E-state index contributed by atoms with van der Waals surface area (Å²) in [5.41, 5.74) is 4.61. The van der Waals surface area contributed by atoms with Crippen molar-refractivity contribution in [1.82, 2.24) is 5.32 Å². The molecule has 41 heavy (non-hydrogen) atoms. The van der Waals surface area contributed by atoms with Crippen molar-refractivity contribution in [3.63, 3.8) is 0 Å². The first kappa shape index (κ1) is 29.7. The van der Waals surface area contributed by atoms with E-state index in [-0.39, 0.29) is 6.42 Å². The zero-order chi connectivity index (χ0) is 29.4. The van der Waals surface area contributed by atoms with Gasteiger partial charge in [0.05, 0.1) is 0 Å². The largest absolute Gasteiger partial charge is 0.480 e. The number of rotatable bonds is 10. The third-order valence-corrected chi connectivity index (χ3v) is 7.27. The van der Waals surface area contributed by atoms with E-state index in [4.69, 9.17) is 9.47 Å². The Hall–Kier alpha value is -4.23. The summed E-state index contributed by atoms with van der Waals surface area (Å²) >= 11 is 1.54. The Morgan fingerprint density at radius 2 is 1.49 bits per heavy atom. The Morgan fingerprint density at radius 3 is 2.17 bits per heavy atom. The van der Waals surface area contributed by atoms with Crippen LogP contribution in [0.15, 0.2) is 102 Å². The average molecular weight is 570 g/mol. The molecule has 0 aliphatic carbocycles. The van der Waals surface area contributed by atoms with Crippen LogP contribution in [0.2, 0.25) is 0 Å². The van der Waals surface area contributed by atoms with Crippen LogP contribution in [0.4, 0.5) is 4.79 Å². The number of benzene rings is 4. The van der Waals surface area contributed by atoms with Crippen LogP contribution in [0.3, 0.4) is 0 Å². The molecule has 0 heterocycles. The number of thioether (sulfide) groups is 1. The molecule has 0 aromatic heterocycles. The van der Waals surface area contributed by atoms with E-state index in [1.807, 2.05) is 67.6 Å². The lowest BCUT2D eigenvalue weighted by molar-refractivity contribution is -0.139. The summed E-state index contributed by atoms with van der Waals surface area (Å²) in [6.45, 7) is 7.24. The highest BCUT2D eigenvalue weighted by molar-refractivity contribution is 7.99. The van der Waals surface area contributed by atoms with E-state index in [0.717, 1.165) is 44.2 Å². The monoisotopic (exact) mass is 569 g/mol. The van der Waals surface area contributed by atoms with E-state index in [1.165, 1.54) is 0 Å². The van der Waals surface area contributed by atoms with E-state index in [0.29, 0.717) is 5.75 Å². The smallest absolute Gasteiger partial charge is 0.408 e. The highest BCUT2D eigenvalue weighted by Crippen LogP contribution is 2.36. The van der Waals surface area contributed by atoms with Gasteiger partial charge in [0, 0.05) is 16.2 Å². The molecule has 6 nitrogen and oxygen atoms in total. The van der Waals surface area contributed by atoms with Gasteiger partial charge < -0.3 is 19.9 Å². The van der Waals surface area contributed by atoms with Gasteiger partial charge in [-0.05, 0) is 86.7 Å². The maximum Gasteiger partial charge on any atom is 0.408 e. The van der Waals surface area contributed by atoms with Crippen LogP contribution in [0.25, 0.3) is 22.3 Å². The fourth-order valence-electron chi connectivity index (χ4n) is 4.20. The van der Waals surface area contributed by atoms with E-state index < -0.39 is 23.7 Å². The lowest BCUT2D eigenvalue weighted by atomic mass is 9.98. The number of carboxylic acid groups (broad SMARTS) is 1. The second-order valence-corrected chi connectivity index (χ2v) is 11.8. The van der Waals surface area contributed by atoms with Crippen molar-refractivity contribution in [3.05, 3.63) is 103 Å². The van der Waals surface area contributed by atoms with Crippen LogP contribution in [0.1, 0.15) is 32.8 Å². The molecule has 0 fully saturated rings. The summed E-state index contributed by atoms with van der Waals surface area (Å²) in [6, 6.07) is 31.5. The molecule has 1 unspecified atom stereocenters. The number of para-hydroxylation sites is 2. The summed E-state index contributed by atoms with van der Waals surface area (Å²) in [5, 5.41) is 11.9. The topological polar surface area (TPSA) is 84.9 Å². The summed E-state index contributed by atoms with van der Waals surface area (Å²) in [4.78, 5) is 24.6. The third kappa shape index (κ3) is 8.63. The third-order valence-electron chi connectivity index (χ3n) is 6.23. The van der Waals surface area contributed by atoms with Gasteiger partial charge in [-0.1, -0.05) is 66.7 Å². The maximum atomic E-state index is 12.0. The SMILES string of the molecule is Cc1ccccc1Oc1ccccc1-c1cccc(-c2ccc(SCCC(NC(=O)OC(C)(C)C)C(=O)O)cc2)c1. The van der Waals surface area contributed by atoms with Gasteiger partial charge in [0.15, 0.2) is 0 Å². The minimum absolute atomic E-state index is 0.271. The Bertz CT molecular complexity index is 1490. The van der Waals surface area contributed by atoms with Gasteiger partial charge in [0.1, 0.15) is 23.1 Å². The number of carbonyl (C=O) groups is 2. The van der Waals surface area contributed by atoms with Crippen LogP contribution in [0, 0.1) is 6.92 Å². The number of hydrogen-bond donors (Lipinski definition) is 2. The normalized spacial score (nSPS) is 11.9. The first-order valence-electron chi connectivity index (χ1n) is 13.5. The standard InChI is InChI=1S/C34H35NO5S/c1-23-10-5-7-14-30(23)39-31-15-8-6-13-28(31)26-12-9-11-25(22-26)24-16-18-27(19-17-24)41-21-20-29(32(36)37)35-33(38)40-34(2,3)4/h5-19,22,29H,20-21H2,1-4H3,(H,35,38)(H,36,37). The quantitative estimate of drug-likeness (QED) is 0.186. The molecule has 0 spiro atoms. The zero-order valence-corrected chi connectivity index (χ0v) is 24.5. The first-order chi connectivity index (χ1) is 19.6. The van der Waals surface area contributed by atoms with Crippen LogP contribution in [-0.4, -0.2) is 34.6 Å². The van der Waals surface area contributed by atoms with Crippen molar-refractivity contribution in [2.24, 2.45) is 0 Å². The van der Waals surface area contributed by atoms with E-state index in [1.54, 1.807) is 32.5 Å². The number of nitrogens with one attached hydrogen (secondary N) is 1. The molecular weight excluding hydrogens is 534 g/mol. The number of hydrogen-bond acceptors (Lipinski definition) is 5. The molecule has 2 N–H and O–H groups in total. The highest BCUT2D eigenvalue weighted by atomic mass is 32.2. The number of alkyl carbamates (subject to hydrolysis) is 1. The molecule has 1 amide bonds. The highest BCUT2D eigenvalue weighted by Gasteiger charge is 2.23. The molecule has 0 saturated carbocycles. The van der Waals surface area contributed by atoms with Crippen LogP contribution < -0.4 is 10.1 Å². The Kier molecular flexibility index (Phi) is 9.73.